The number of ketones is 1. The van der Waals surface area contributed by atoms with Gasteiger partial charge in [-0.05, 0) is 44.9 Å². The molecule has 0 aliphatic carbocycles. The summed E-state index contributed by atoms with van der Waals surface area (Å²) in [6, 6.07) is 6.20. The third-order valence-electron chi connectivity index (χ3n) is 4.46. The molecule has 12 heteroatoms. The summed E-state index contributed by atoms with van der Waals surface area (Å²) < 4.78 is 65.5. The number of benzene rings is 1. The van der Waals surface area contributed by atoms with Gasteiger partial charge in [0.1, 0.15) is 17.3 Å². The Morgan fingerprint density at radius 2 is 1.67 bits per heavy atom. The van der Waals surface area contributed by atoms with Crippen molar-refractivity contribution in [2.75, 3.05) is 39.3 Å². The summed E-state index contributed by atoms with van der Waals surface area (Å²) in [5, 5.41) is 5.14. The SMILES string of the molecule is COCCOCCOc1cc(C(=O)CS(=O)(=O)c2ccccc2S(N)(=O)=O)cnc1C#CC(C)(C)C. The van der Waals surface area contributed by atoms with Crippen molar-refractivity contribution in [1.29, 1.82) is 0 Å². The van der Waals surface area contributed by atoms with Gasteiger partial charge in [-0.15, -0.1) is 0 Å². The monoisotopic (exact) mass is 538 g/mol. The number of aromatic nitrogens is 1. The third kappa shape index (κ3) is 9.00. The van der Waals surface area contributed by atoms with Crippen LogP contribution in [-0.4, -0.2) is 66.9 Å². The number of hydrogen-bond acceptors (Lipinski definition) is 9. The van der Waals surface area contributed by atoms with Crippen LogP contribution in [0.3, 0.4) is 0 Å². The van der Waals surface area contributed by atoms with Crippen LogP contribution in [0.15, 0.2) is 46.3 Å². The summed E-state index contributed by atoms with van der Waals surface area (Å²) in [5.41, 5.74) is -0.0781. The molecule has 0 atom stereocenters. The highest BCUT2D eigenvalue weighted by Crippen LogP contribution is 2.23. The van der Waals surface area contributed by atoms with E-state index >= 15 is 0 Å². The second-order valence-electron chi connectivity index (χ2n) is 8.70. The van der Waals surface area contributed by atoms with E-state index in [0.29, 0.717) is 13.2 Å². The maximum absolute atomic E-state index is 12.9. The van der Waals surface area contributed by atoms with Crippen molar-refractivity contribution in [3.63, 3.8) is 0 Å². The lowest BCUT2D eigenvalue weighted by Gasteiger charge is -2.12. The summed E-state index contributed by atoms with van der Waals surface area (Å²) in [4.78, 5) is 16.0. The molecule has 1 aromatic carbocycles. The zero-order chi connectivity index (χ0) is 27.0. The van der Waals surface area contributed by atoms with Crippen LogP contribution in [0.4, 0.5) is 0 Å². The van der Waals surface area contributed by atoms with Gasteiger partial charge in [0.2, 0.25) is 10.0 Å². The smallest absolute Gasteiger partial charge is 0.239 e. The van der Waals surface area contributed by atoms with Crippen molar-refractivity contribution in [2.45, 2.75) is 30.6 Å². The van der Waals surface area contributed by atoms with Crippen LogP contribution in [0.5, 0.6) is 5.75 Å². The van der Waals surface area contributed by atoms with Crippen LogP contribution >= 0.6 is 0 Å². The fourth-order valence-corrected chi connectivity index (χ4v) is 5.45. The fourth-order valence-electron chi connectivity index (χ4n) is 2.78. The Morgan fingerprint density at radius 1 is 1.03 bits per heavy atom. The van der Waals surface area contributed by atoms with E-state index in [1.807, 2.05) is 20.8 Å². The van der Waals surface area contributed by atoms with Crippen molar-refractivity contribution in [2.24, 2.45) is 10.6 Å². The van der Waals surface area contributed by atoms with E-state index in [1.54, 1.807) is 7.11 Å². The minimum absolute atomic E-state index is 0.0386. The van der Waals surface area contributed by atoms with Gasteiger partial charge in [0, 0.05) is 24.3 Å². The standard InChI is InChI=1S/C24H30N2O8S2/c1-24(2,3)10-9-19-21(34-14-13-33-12-11-32-4)15-18(16-26-19)20(27)17-35(28,29)22-7-5-6-8-23(22)36(25,30)31/h5-8,15-16H,11-14,17H2,1-4H3,(H2,25,30,31). The number of sulfonamides is 1. The maximum atomic E-state index is 12.9. The molecule has 1 aromatic heterocycles. The summed E-state index contributed by atoms with van der Waals surface area (Å²) in [6.45, 7) is 6.95. The van der Waals surface area contributed by atoms with E-state index in [0.717, 1.165) is 12.1 Å². The number of carbonyl (C=O) groups is 1. The first-order valence-corrected chi connectivity index (χ1v) is 14.0. The van der Waals surface area contributed by atoms with E-state index < -0.39 is 41.2 Å². The normalized spacial score (nSPS) is 12.0. The van der Waals surface area contributed by atoms with Gasteiger partial charge in [0.15, 0.2) is 27.1 Å². The summed E-state index contributed by atoms with van der Waals surface area (Å²) in [5.74, 6) is 4.35. The van der Waals surface area contributed by atoms with Crippen molar-refractivity contribution in [3.05, 3.63) is 47.8 Å². The number of methoxy groups -OCH3 is 1. The molecule has 0 spiro atoms. The number of nitrogens with two attached hydrogens (primary N) is 1. The Hall–Kier alpha value is -2.82. The van der Waals surface area contributed by atoms with E-state index in [1.165, 1.54) is 24.4 Å². The highest BCUT2D eigenvalue weighted by molar-refractivity contribution is 7.94. The molecular formula is C24H30N2O8S2. The number of sulfone groups is 1. The molecule has 0 saturated carbocycles. The molecule has 0 radical (unpaired) electrons. The highest BCUT2D eigenvalue weighted by Gasteiger charge is 2.27. The number of ether oxygens (including phenoxy) is 3. The second kappa shape index (κ2) is 12.4. The molecule has 0 amide bonds. The minimum Gasteiger partial charge on any atom is -0.488 e. The molecule has 0 fully saturated rings. The van der Waals surface area contributed by atoms with Crippen LogP contribution in [0.1, 0.15) is 36.8 Å². The van der Waals surface area contributed by atoms with Crippen LogP contribution in [0, 0.1) is 17.3 Å². The number of rotatable bonds is 12. The zero-order valence-electron chi connectivity index (χ0n) is 20.6. The summed E-state index contributed by atoms with van der Waals surface area (Å²) in [7, 11) is -7.11. The maximum Gasteiger partial charge on any atom is 0.239 e. The average molecular weight is 539 g/mol. The predicted octanol–water partition coefficient (Wildman–Crippen LogP) is 1.83. The Labute approximate surface area is 212 Å². The molecule has 2 rings (SSSR count). The topological polar surface area (TPSA) is 152 Å². The van der Waals surface area contributed by atoms with Gasteiger partial charge in [-0.25, -0.2) is 27.0 Å². The highest BCUT2D eigenvalue weighted by atomic mass is 32.2. The number of nitrogens with zero attached hydrogens (tertiary/aromatic N) is 1. The van der Waals surface area contributed by atoms with Crippen molar-refractivity contribution in [3.8, 4) is 17.6 Å². The number of hydrogen-bond donors (Lipinski definition) is 1. The lowest BCUT2D eigenvalue weighted by Crippen LogP contribution is -2.21. The van der Waals surface area contributed by atoms with Crippen molar-refractivity contribution >= 4 is 25.6 Å². The lowest BCUT2D eigenvalue weighted by atomic mass is 9.98. The molecule has 196 valence electrons. The zero-order valence-corrected chi connectivity index (χ0v) is 22.2. The van der Waals surface area contributed by atoms with E-state index in [2.05, 4.69) is 16.8 Å². The molecule has 0 saturated heterocycles. The average Bonchev–Trinajstić information content (AvgIpc) is 2.79. The molecule has 36 heavy (non-hydrogen) atoms. The largest absolute Gasteiger partial charge is 0.488 e. The summed E-state index contributed by atoms with van der Waals surface area (Å²) >= 11 is 0. The molecule has 0 aliphatic heterocycles. The number of Topliss-reactive ketones (excluding diaryl/α,β-unsaturated/α-hetero) is 1. The van der Waals surface area contributed by atoms with Crippen molar-refractivity contribution in [1.82, 2.24) is 4.98 Å². The van der Waals surface area contributed by atoms with Gasteiger partial charge in [0.25, 0.3) is 0 Å². The first-order valence-electron chi connectivity index (χ1n) is 10.8. The van der Waals surface area contributed by atoms with Crippen LogP contribution < -0.4 is 9.88 Å². The van der Waals surface area contributed by atoms with Gasteiger partial charge in [-0.1, -0.05) is 18.1 Å². The number of pyridine rings is 1. The fraction of sp³-hybridized carbons (Fsp3) is 0.417. The first kappa shape index (κ1) is 29.4. The van der Waals surface area contributed by atoms with Crippen LogP contribution in [-0.2, 0) is 29.3 Å². The molecule has 0 aliphatic rings. The van der Waals surface area contributed by atoms with E-state index in [4.69, 9.17) is 19.3 Å². The molecular weight excluding hydrogens is 508 g/mol. The van der Waals surface area contributed by atoms with Gasteiger partial charge in [-0.2, -0.15) is 0 Å². The minimum atomic E-state index is -4.34. The Kier molecular flexibility index (Phi) is 10.2. The molecule has 0 unspecified atom stereocenters. The van der Waals surface area contributed by atoms with Gasteiger partial charge in [0.05, 0.1) is 24.7 Å². The second-order valence-corrected chi connectivity index (χ2v) is 12.2. The molecule has 2 aromatic rings. The predicted molar refractivity (Wildman–Crippen MR) is 133 cm³/mol. The van der Waals surface area contributed by atoms with Crippen molar-refractivity contribution < 1.29 is 35.8 Å². The molecule has 10 nitrogen and oxygen atoms in total. The first-order chi connectivity index (χ1) is 16.7. The quantitative estimate of drug-likeness (QED) is 0.242. The van der Waals surface area contributed by atoms with Gasteiger partial charge < -0.3 is 14.2 Å². The van der Waals surface area contributed by atoms with E-state index in [-0.39, 0.29) is 35.6 Å². The Morgan fingerprint density at radius 3 is 2.28 bits per heavy atom. The van der Waals surface area contributed by atoms with Gasteiger partial charge in [-0.3, -0.25) is 4.79 Å². The number of primary sulfonamides is 1. The van der Waals surface area contributed by atoms with Crippen LogP contribution in [0.25, 0.3) is 0 Å². The molecule has 0 bridgehead atoms. The third-order valence-corrected chi connectivity index (χ3v) is 7.23. The summed E-state index contributed by atoms with van der Waals surface area (Å²) in [6.07, 6.45) is 1.21. The van der Waals surface area contributed by atoms with Gasteiger partial charge >= 0.3 is 0 Å². The number of carbonyl (C=O) groups excluding carboxylic acids is 1. The molecule has 2 N–H and O–H groups in total. The lowest BCUT2D eigenvalue weighted by molar-refractivity contribution is 0.0543. The van der Waals surface area contributed by atoms with Crippen LogP contribution in [0.2, 0.25) is 0 Å². The molecule has 1 heterocycles. The van der Waals surface area contributed by atoms with E-state index in [9.17, 15) is 21.6 Å². The Balaban J connectivity index is 2.33. The Bertz CT molecular complexity index is 1350.